The molecule has 0 saturated heterocycles. The van der Waals surface area contributed by atoms with Crippen molar-refractivity contribution in [2.75, 3.05) is 10.6 Å². The standard InChI is InChI=1S/C19H15F3N4O4/c20-19(21,22)30-15-8-6-14(7-9-15)23-17(28)24-16-11-26(18(25-16)29-12-27)10-13-4-2-1-3-5-13/h1-9,11-12H,10H2,(H2,23,24,28). The number of carbonyl (C=O) groups is 2. The number of rotatable bonds is 7. The first-order chi connectivity index (χ1) is 14.3. The highest BCUT2D eigenvalue weighted by atomic mass is 19.4. The largest absolute Gasteiger partial charge is 0.573 e. The summed E-state index contributed by atoms with van der Waals surface area (Å²) in [6, 6.07) is 13.2. The van der Waals surface area contributed by atoms with Gasteiger partial charge in [-0.2, -0.15) is 4.98 Å². The van der Waals surface area contributed by atoms with Gasteiger partial charge < -0.3 is 14.8 Å². The fraction of sp³-hybridized carbons (Fsp3) is 0.105. The topological polar surface area (TPSA) is 94.5 Å². The van der Waals surface area contributed by atoms with Crippen LogP contribution in [-0.4, -0.2) is 28.4 Å². The minimum absolute atomic E-state index is 0.0159. The molecular formula is C19H15F3N4O4. The van der Waals surface area contributed by atoms with Crippen LogP contribution in [0.2, 0.25) is 0 Å². The average molecular weight is 420 g/mol. The second-order valence-electron chi connectivity index (χ2n) is 5.89. The molecule has 0 radical (unpaired) electrons. The summed E-state index contributed by atoms with van der Waals surface area (Å²) in [6.45, 7) is 0.569. The van der Waals surface area contributed by atoms with Crippen molar-refractivity contribution in [3.8, 4) is 11.8 Å². The quantitative estimate of drug-likeness (QED) is 0.564. The van der Waals surface area contributed by atoms with Gasteiger partial charge in [0.05, 0.1) is 12.7 Å². The fourth-order valence-electron chi connectivity index (χ4n) is 2.51. The molecule has 0 saturated carbocycles. The number of anilines is 2. The normalized spacial score (nSPS) is 10.9. The van der Waals surface area contributed by atoms with Gasteiger partial charge in [-0.1, -0.05) is 30.3 Å². The highest BCUT2D eigenvalue weighted by Gasteiger charge is 2.30. The van der Waals surface area contributed by atoms with Crippen LogP contribution in [0.1, 0.15) is 5.56 Å². The first-order valence-corrected chi connectivity index (χ1v) is 8.47. The Morgan fingerprint density at radius 2 is 1.77 bits per heavy atom. The molecule has 3 rings (SSSR count). The highest BCUT2D eigenvalue weighted by molar-refractivity contribution is 5.99. The van der Waals surface area contributed by atoms with Crippen LogP contribution in [0.15, 0.2) is 60.8 Å². The second kappa shape index (κ2) is 8.99. The Bertz CT molecular complexity index is 1000. The number of ether oxygens (including phenoxy) is 2. The van der Waals surface area contributed by atoms with Crippen molar-refractivity contribution in [3.05, 3.63) is 66.4 Å². The molecule has 3 aromatic rings. The maximum Gasteiger partial charge on any atom is 0.573 e. The first-order valence-electron chi connectivity index (χ1n) is 8.47. The number of hydrogen-bond acceptors (Lipinski definition) is 5. The van der Waals surface area contributed by atoms with Crippen molar-refractivity contribution in [1.82, 2.24) is 9.55 Å². The Labute approximate surface area is 168 Å². The van der Waals surface area contributed by atoms with Crippen molar-refractivity contribution >= 4 is 24.0 Å². The monoisotopic (exact) mass is 420 g/mol. The molecule has 0 bridgehead atoms. The zero-order valence-corrected chi connectivity index (χ0v) is 15.2. The van der Waals surface area contributed by atoms with E-state index < -0.39 is 18.1 Å². The molecule has 11 heteroatoms. The van der Waals surface area contributed by atoms with Crippen LogP contribution in [0.4, 0.5) is 29.5 Å². The first kappa shape index (κ1) is 20.7. The van der Waals surface area contributed by atoms with Crippen LogP contribution in [0.25, 0.3) is 0 Å². The molecule has 0 unspecified atom stereocenters. The summed E-state index contributed by atoms with van der Waals surface area (Å²) in [7, 11) is 0. The van der Waals surface area contributed by atoms with E-state index in [1.165, 1.54) is 22.9 Å². The van der Waals surface area contributed by atoms with Crippen molar-refractivity contribution in [1.29, 1.82) is 0 Å². The third-order valence-corrected chi connectivity index (χ3v) is 3.68. The van der Waals surface area contributed by atoms with Gasteiger partial charge in [-0.05, 0) is 29.8 Å². The van der Waals surface area contributed by atoms with Crippen molar-refractivity contribution < 1.29 is 32.2 Å². The van der Waals surface area contributed by atoms with Gasteiger partial charge in [-0.25, -0.2) is 4.79 Å². The van der Waals surface area contributed by atoms with E-state index in [0.717, 1.165) is 17.7 Å². The Morgan fingerprint density at radius 1 is 1.07 bits per heavy atom. The van der Waals surface area contributed by atoms with E-state index in [2.05, 4.69) is 20.4 Å². The van der Waals surface area contributed by atoms with Crippen molar-refractivity contribution in [2.45, 2.75) is 12.9 Å². The van der Waals surface area contributed by atoms with Gasteiger partial charge >= 0.3 is 24.9 Å². The van der Waals surface area contributed by atoms with Gasteiger partial charge in [0.2, 0.25) is 0 Å². The summed E-state index contributed by atoms with van der Waals surface area (Å²) in [4.78, 5) is 26.9. The number of amides is 2. The number of benzene rings is 2. The summed E-state index contributed by atoms with van der Waals surface area (Å²) in [6.07, 6.45) is -3.32. The lowest BCUT2D eigenvalue weighted by Crippen LogP contribution is -2.20. The number of alkyl halides is 3. The number of imidazole rings is 1. The zero-order chi connectivity index (χ0) is 21.6. The SMILES string of the molecule is O=COc1nc(NC(=O)Nc2ccc(OC(F)(F)F)cc2)cn1Cc1ccccc1. The number of nitrogens with zero attached hydrogens (tertiary/aromatic N) is 2. The van der Waals surface area contributed by atoms with Crippen LogP contribution in [0.3, 0.4) is 0 Å². The minimum atomic E-state index is -4.80. The summed E-state index contributed by atoms with van der Waals surface area (Å²) < 4.78 is 46.7. The summed E-state index contributed by atoms with van der Waals surface area (Å²) in [5, 5.41) is 4.90. The third kappa shape index (κ3) is 5.99. The van der Waals surface area contributed by atoms with Gasteiger partial charge in [-0.3, -0.25) is 14.7 Å². The smallest absolute Gasteiger partial charge is 0.406 e. The minimum Gasteiger partial charge on any atom is -0.406 e. The number of halogens is 3. The van der Waals surface area contributed by atoms with E-state index in [-0.39, 0.29) is 24.0 Å². The lowest BCUT2D eigenvalue weighted by Gasteiger charge is -2.10. The van der Waals surface area contributed by atoms with E-state index in [9.17, 15) is 22.8 Å². The summed E-state index contributed by atoms with van der Waals surface area (Å²) >= 11 is 0. The van der Waals surface area contributed by atoms with E-state index in [0.29, 0.717) is 6.54 Å². The molecular weight excluding hydrogens is 405 g/mol. The molecule has 0 aliphatic carbocycles. The van der Waals surface area contributed by atoms with Gasteiger partial charge in [0, 0.05) is 5.69 Å². The molecule has 8 nitrogen and oxygen atoms in total. The molecule has 0 spiro atoms. The van der Waals surface area contributed by atoms with Crippen LogP contribution >= 0.6 is 0 Å². The van der Waals surface area contributed by atoms with Gasteiger partial charge in [-0.15, -0.1) is 13.2 Å². The second-order valence-corrected chi connectivity index (χ2v) is 5.89. The molecule has 2 amide bonds. The van der Waals surface area contributed by atoms with Crippen LogP contribution in [0.5, 0.6) is 11.8 Å². The van der Waals surface area contributed by atoms with Crippen molar-refractivity contribution in [2.24, 2.45) is 0 Å². The number of carbonyl (C=O) groups excluding carboxylic acids is 2. The molecule has 0 aliphatic heterocycles. The van der Waals surface area contributed by atoms with E-state index in [4.69, 9.17) is 4.74 Å². The lowest BCUT2D eigenvalue weighted by atomic mass is 10.2. The Kier molecular flexibility index (Phi) is 6.20. The van der Waals surface area contributed by atoms with Crippen LogP contribution in [-0.2, 0) is 11.3 Å². The van der Waals surface area contributed by atoms with Gasteiger partial charge in [0.25, 0.3) is 0 Å². The fourth-order valence-corrected chi connectivity index (χ4v) is 2.51. The van der Waals surface area contributed by atoms with Crippen molar-refractivity contribution in [3.63, 3.8) is 0 Å². The third-order valence-electron chi connectivity index (χ3n) is 3.68. The summed E-state index contributed by atoms with van der Waals surface area (Å²) in [5.74, 6) is -0.305. The maximum absolute atomic E-state index is 12.2. The molecule has 0 atom stereocenters. The molecule has 30 heavy (non-hydrogen) atoms. The number of aromatic nitrogens is 2. The molecule has 2 aromatic carbocycles. The predicted octanol–water partition coefficient (Wildman–Crippen LogP) is 4.01. The lowest BCUT2D eigenvalue weighted by molar-refractivity contribution is -0.274. The molecule has 1 heterocycles. The highest BCUT2D eigenvalue weighted by Crippen LogP contribution is 2.24. The van der Waals surface area contributed by atoms with E-state index >= 15 is 0 Å². The Hall–Kier alpha value is -4.02. The number of hydrogen-bond donors (Lipinski definition) is 2. The predicted molar refractivity (Wildman–Crippen MR) is 100 cm³/mol. The molecule has 156 valence electrons. The van der Waals surface area contributed by atoms with E-state index in [1.54, 1.807) is 0 Å². The molecule has 1 aromatic heterocycles. The van der Waals surface area contributed by atoms with Gasteiger partial charge in [0.1, 0.15) is 5.75 Å². The zero-order valence-electron chi connectivity index (χ0n) is 15.2. The maximum atomic E-state index is 12.2. The number of urea groups is 1. The van der Waals surface area contributed by atoms with Gasteiger partial charge in [0.15, 0.2) is 5.82 Å². The average Bonchev–Trinajstić information content (AvgIpc) is 3.04. The number of nitrogens with one attached hydrogen (secondary N) is 2. The van der Waals surface area contributed by atoms with Crippen LogP contribution < -0.4 is 20.1 Å². The Morgan fingerprint density at radius 3 is 2.40 bits per heavy atom. The van der Waals surface area contributed by atoms with Crippen LogP contribution in [0, 0.1) is 0 Å². The molecule has 0 aliphatic rings. The Balaban J connectivity index is 1.64. The summed E-state index contributed by atoms with van der Waals surface area (Å²) in [5.41, 5.74) is 1.15. The molecule has 2 N–H and O–H groups in total. The van der Waals surface area contributed by atoms with E-state index in [1.807, 2.05) is 30.3 Å². The molecule has 0 fully saturated rings.